The highest BCUT2D eigenvalue weighted by Crippen LogP contribution is 2.37. The molecule has 1 aliphatic rings. The van der Waals surface area contributed by atoms with Gasteiger partial charge in [-0.2, -0.15) is 4.98 Å². The fourth-order valence-corrected chi connectivity index (χ4v) is 3.21. The molecule has 1 aliphatic heterocycles. The van der Waals surface area contributed by atoms with Crippen molar-refractivity contribution in [3.8, 4) is 0 Å². The normalized spacial score (nSPS) is 19.5. The van der Waals surface area contributed by atoms with Crippen LogP contribution < -0.4 is 11.3 Å². The van der Waals surface area contributed by atoms with Crippen molar-refractivity contribution in [3.63, 3.8) is 0 Å². The maximum atomic E-state index is 12.2. The Bertz CT molecular complexity index is 1010. The second-order valence-corrected chi connectivity index (χ2v) is 6.90. The van der Waals surface area contributed by atoms with Gasteiger partial charge in [-0.05, 0) is 25.8 Å². The summed E-state index contributed by atoms with van der Waals surface area (Å²) in [5.41, 5.74) is 8.46. The molecule has 0 spiro atoms. The number of benzene rings is 1. The molecule has 27 heavy (non-hydrogen) atoms. The number of rotatable bonds is 4. The monoisotopic (exact) mass is 367 g/mol. The average Bonchev–Trinajstić information content (AvgIpc) is 3.32. The highest BCUT2D eigenvalue weighted by atomic mass is 16.5. The van der Waals surface area contributed by atoms with Gasteiger partial charge in [0.1, 0.15) is 6.54 Å². The van der Waals surface area contributed by atoms with Crippen molar-refractivity contribution in [2.75, 3.05) is 12.3 Å². The molecule has 2 N–H and O–H groups in total. The number of aromatic nitrogens is 4. The highest BCUT2D eigenvalue weighted by Gasteiger charge is 2.31. The lowest BCUT2D eigenvalue weighted by Crippen LogP contribution is -2.26. The van der Waals surface area contributed by atoms with Crippen molar-refractivity contribution in [1.29, 1.82) is 0 Å². The number of nitrogen functional groups attached to an aromatic ring is 1. The van der Waals surface area contributed by atoms with Crippen LogP contribution >= 0.6 is 0 Å². The molecule has 0 unspecified atom stereocenters. The first-order valence-electron chi connectivity index (χ1n) is 8.84. The summed E-state index contributed by atoms with van der Waals surface area (Å²) in [5, 5.41) is 4.08. The lowest BCUT2D eigenvalue weighted by molar-refractivity contribution is 0.110. The molecule has 0 bridgehead atoms. The van der Waals surface area contributed by atoms with E-state index in [0.717, 1.165) is 12.0 Å². The van der Waals surface area contributed by atoms with E-state index in [4.69, 9.17) is 15.0 Å². The van der Waals surface area contributed by atoms with Crippen LogP contribution in [0.4, 0.5) is 5.95 Å². The van der Waals surface area contributed by atoms with Crippen LogP contribution in [0, 0.1) is 13.8 Å². The molecule has 0 saturated carbocycles. The molecule has 1 aromatic carbocycles. The minimum absolute atomic E-state index is 0.0248. The van der Waals surface area contributed by atoms with E-state index in [1.165, 1.54) is 16.3 Å². The summed E-state index contributed by atoms with van der Waals surface area (Å²) < 4.78 is 12.6. The molecular weight excluding hydrogens is 346 g/mol. The molecule has 8 heteroatoms. The maximum absolute atomic E-state index is 12.2. The van der Waals surface area contributed by atoms with E-state index in [-0.39, 0.29) is 30.1 Å². The van der Waals surface area contributed by atoms with Crippen LogP contribution in [-0.2, 0) is 11.3 Å². The van der Waals surface area contributed by atoms with Crippen LogP contribution in [0.2, 0.25) is 0 Å². The number of nitrogens with two attached hydrogens (primary N) is 1. The van der Waals surface area contributed by atoms with Crippen LogP contribution in [0.15, 0.2) is 39.8 Å². The molecule has 2 aromatic heterocycles. The van der Waals surface area contributed by atoms with Gasteiger partial charge in [0.05, 0.1) is 12.7 Å². The first-order valence-corrected chi connectivity index (χ1v) is 8.84. The van der Waals surface area contributed by atoms with Gasteiger partial charge in [-0.15, -0.1) is 0 Å². The molecule has 8 nitrogen and oxygen atoms in total. The van der Waals surface area contributed by atoms with Gasteiger partial charge in [-0.3, -0.25) is 9.36 Å². The first-order chi connectivity index (χ1) is 13.0. The molecular formula is C19H21N5O3. The Balaban J connectivity index is 1.48. The third kappa shape index (κ3) is 3.48. The smallest absolute Gasteiger partial charge is 0.258 e. The van der Waals surface area contributed by atoms with Crippen molar-refractivity contribution in [2.24, 2.45) is 0 Å². The fourth-order valence-electron chi connectivity index (χ4n) is 3.21. The standard InChI is InChI=1S/C19H21N5O3/c1-11-3-5-13(6-4-11)15-7-14(10-26-15)17-22-16(27-23-17)9-24-18(25)12(2)8-21-19(24)20/h3-6,8,14-15H,7,9-10H2,1-2H3,(H2,20,21)/t14-,15+/m0/s1. The Kier molecular flexibility index (Phi) is 4.49. The summed E-state index contributed by atoms with van der Waals surface area (Å²) in [4.78, 5) is 20.7. The molecule has 140 valence electrons. The summed E-state index contributed by atoms with van der Waals surface area (Å²) in [6, 6.07) is 8.33. The van der Waals surface area contributed by atoms with Crippen molar-refractivity contribution >= 4 is 5.95 Å². The summed E-state index contributed by atoms with van der Waals surface area (Å²) >= 11 is 0. The van der Waals surface area contributed by atoms with Gasteiger partial charge >= 0.3 is 0 Å². The lowest BCUT2D eigenvalue weighted by Gasteiger charge is -2.09. The molecule has 0 aliphatic carbocycles. The van der Waals surface area contributed by atoms with E-state index < -0.39 is 0 Å². The van der Waals surface area contributed by atoms with E-state index in [1.807, 2.05) is 0 Å². The van der Waals surface area contributed by atoms with E-state index in [2.05, 4.69) is 46.3 Å². The van der Waals surface area contributed by atoms with Crippen molar-refractivity contribution < 1.29 is 9.26 Å². The van der Waals surface area contributed by atoms with Crippen molar-refractivity contribution in [3.05, 3.63) is 69.2 Å². The number of ether oxygens (including phenoxy) is 1. The highest BCUT2D eigenvalue weighted by molar-refractivity contribution is 5.24. The lowest BCUT2D eigenvalue weighted by atomic mass is 9.99. The van der Waals surface area contributed by atoms with E-state index in [1.54, 1.807) is 6.92 Å². The Morgan fingerprint density at radius 1 is 1.26 bits per heavy atom. The Labute approximate surface area is 156 Å². The summed E-state index contributed by atoms with van der Waals surface area (Å²) in [5.74, 6) is 1.09. The van der Waals surface area contributed by atoms with Gasteiger partial charge in [0.25, 0.3) is 5.56 Å². The molecule has 1 fully saturated rings. The third-order valence-electron chi connectivity index (χ3n) is 4.84. The number of hydrogen-bond donors (Lipinski definition) is 1. The second-order valence-electron chi connectivity index (χ2n) is 6.90. The number of aryl methyl sites for hydroxylation is 2. The topological polar surface area (TPSA) is 109 Å². The predicted octanol–water partition coefficient (Wildman–Crippen LogP) is 2.12. The van der Waals surface area contributed by atoms with Gasteiger partial charge in [0.2, 0.25) is 11.8 Å². The largest absolute Gasteiger partial charge is 0.373 e. The Hall–Kier alpha value is -3.00. The van der Waals surface area contributed by atoms with Crippen LogP contribution in [0.25, 0.3) is 0 Å². The zero-order valence-electron chi connectivity index (χ0n) is 15.3. The van der Waals surface area contributed by atoms with Crippen LogP contribution in [0.5, 0.6) is 0 Å². The number of nitrogens with zero attached hydrogens (tertiary/aromatic N) is 4. The molecule has 4 rings (SSSR count). The fraction of sp³-hybridized carbons (Fsp3) is 0.368. The minimum atomic E-state index is -0.217. The first kappa shape index (κ1) is 17.4. The van der Waals surface area contributed by atoms with E-state index >= 15 is 0 Å². The summed E-state index contributed by atoms with van der Waals surface area (Å²) in [6.07, 6.45) is 2.27. The maximum Gasteiger partial charge on any atom is 0.258 e. The quantitative estimate of drug-likeness (QED) is 0.752. The van der Waals surface area contributed by atoms with Crippen molar-refractivity contribution in [2.45, 2.75) is 38.8 Å². The second kappa shape index (κ2) is 6.96. The van der Waals surface area contributed by atoms with Gasteiger partial charge in [0.15, 0.2) is 5.82 Å². The molecule has 3 aromatic rings. The Morgan fingerprint density at radius 3 is 2.81 bits per heavy atom. The van der Waals surface area contributed by atoms with Crippen molar-refractivity contribution in [1.82, 2.24) is 19.7 Å². The molecule has 3 heterocycles. The average molecular weight is 367 g/mol. The molecule has 0 amide bonds. The molecule has 1 saturated heterocycles. The van der Waals surface area contributed by atoms with Crippen LogP contribution in [-0.4, -0.2) is 26.3 Å². The summed E-state index contributed by atoms with van der Waals surface area (Å²) in [7, 11) is 0. The van der Waals surface area contributed by atoms with Gasteiger partial charge in [-0.1, -0.05) is 35.0 Å². The predicted molar refractivity (Wildman–Crippen MR) is 98.3 cm³/mol. The van der Waals surface area contributed by atoms with Gasteiger partial charge in [-0.25, -0.2) is 4.98 Å². The summed E-state index contributed by atoms with van der Waals surface area (Å²) in [6.45, 7) is 4.38. The van der Waals surface area contributed by atoms with Gasteiger partial charge < -0.3 is 15.0 Å². The minimum Gasteiger partial charge on any atom is -0.373 e. The zero-order chi connectivity index (χ0) is 19.0. The SMILES string of the molecule is Cc1ccc([C@H]2C[C@H](c3noc(Cn4c(N)ncc(C)c4=O)n3)CO2)cc1. The number of hydrogen-bond acceptors (Lipinski definition) is 7. The van der Waals surface area contributed by atoms with E-state index in [0.29, 0.717) is 23.9 Å². The number of anilines is 1. The van der Waals surface area contributed by atoms with Crippen LogP contribution in [0.3, 0.4) is 0 Å². The Morgan fingerprint density at radius 2 is 2.04 bits per heavy atom. The molecule has 0 radical (unpaired) electrons. The van der Waals surface area contributed by atoms with E-state index in [9.17, 15) is 4.79 Å². The third-order valence-corrected chi connectivity index (χ3v) is 4.84. The zero-order valence-corrected chi connectivity index (χ0v) is 15.3. The molecule has 2 atom stereocenters. The van der Waals surface area contributed by atoms with Crippen LogP contribution in [0.1, 0.15) is 46.8 Å². The van der Waals surface area contributed by atoms with Gasteiger partial charge in [0, 0.05) is 17.7 Å².